The molecule has 2 heterocycles. The molecular weight excluding hydrogens is 319 g/mol. The van der Waals surface area contributed by atoms with E-state index in [0.29, 0.717) is 12.6 Å². The van der Waals surface area contributed by atoms with Crippen molar-refractivity contribution in [1.82, 2.24) is 15.5 Å². The molecule has 6 heteroatoms. The Morgan fingerprint density at radius 2 is 1.96 bits per heavy atom. The number of piperazine rings is 1. The van der Waals surface area contributed by atoms with Crippen LogP contribution in [0.4, 0.5) is 10.1 Å². The standard InChI is InChI=1S/C19H29FN4O/c1-15-14-16(6-7-21-15)19(25)22-8-9-23-10-12-24(13-11-23)18-4-2-17(20)3-5-18/h2-5,15-16,21H,6-14H2,1H3,(H,22,25)/t15-,16-/m0/s1. The number of amides is 1. The molecule has 1 aromatic carbocycles. The Morgan fingerprint density at radius 1 is 1.24 bits per heavy atom. The molecule has 0 saturated carbocycles. The summed E-state index contributed by atoms with van der Waals surface area (Å²) in [6.45, 7) is 8.49. The molecule has 2 aliphatic rings. The molecule has 3 rings (SSSR count). The number of anilines is 1. The van der Waals surface area contributed by atoms with Crippen molar-refractivity contribution < 1.29 is 9.18 Å². The van der Waals surface area contributed by atoms with Crippen LogP contribution in [0.5, 0.6) is 0 Å². The number of nitrogens with zero attached hydrogens (tertiary/aromatic N) is 2. The van der Waals surface area contributed by atoms with E-state index in [1.165, 1.54) is 12.1 Å². The lowest BCUT2D eigenvalue weighted by Crippen LogP contribution is -2.49. The fraction of sp³-hybridized carbons (Fsp3) is 0.632. The number of hydrogen-bond donors (Lipinski definition) is 2. The number of hydrogen-bond acceptors (Lipinski definition) is 4. The molecule has 0 aromatic heterocycles. The molecule has 25 heavy (non-hydrogen) atoms. The molecule has 1 amide bonds. The Kier molecular flexibility index (Phi) is 6.26. The first-order valence-electron chi connectivity index (χ1n) is 9.36. The van der Waals surface area contributed by atoms with E-state index in [0.717, 1.165) is 57.8 Å². The molecule has 0 radical (unpaired) electrons. The maximum atomic E-state index is 13.0. The van der Waals surface area contributed by atoms with E-state index >= 15 is 0 Å². The lowest BCUT2D eigenvalue weighted by molar-refractivity contribution is -0.126. The zero-order valence-corrected chi connectivity index (χ0v) is 15.0. The molecule has 0 bridgehead atoms. The highest BCUT2D eigenvalue weighted by molar-refractivity contribution is 5.78. The van der Waals surface area contributed by atoms with Crippen LogP contribution in [0, 0.1) is 11.7 Å². The maximum Gasteiger partial charge on any atom is 0.223 e. The van der Waals surface area contributed by atoms with E-state index in [4.69, 9.17) is 0 Å². The number of piperidine rings is 1. The van der Waals surface area contributed by atoms with Gasteiger partial charge in [0.25, 0.3) is 0 Å². The van der Waals surface area contributed by atoms with Gasteiger partial charge in [-0.3, -0.25) is 9.69 Å². The third-order valence-electron chi connectivity index (χ3n) is 5.29. The predicted molar refractivity (Wildman–Crippen MR) is 98.3 cm³/mol. The first kappa shape index (κ1) is 18.1. The minimum absolute atomic E-state index is 0.159. The van der Waals surface area contributed by atoms with Crippen molar-refractivity contribution in [2.24, 2.45) is 5.92 Å². The van der Waals surface area contributed by atoms with Gasteiger partial charge in [0.15, 0.2) is 0 Å². The second-order valence-corrected chi connectivity index (χ2v) is 7.17. The van der Waals surface area contributed by atoms with Gasteiger partial charge >= 0.3 is 0 Å². The van der Waals surface area contributed by atoms with Gasteiger partial charge in [-0.15, -0.1) is 0 Å². The third-order valence-corrected chi connectivity index (χ3v) is 5.29. The van der Waals surface area contributed by atoms with E-state index in [9.17, 15) is 9.18 Å². The summed E-state index contributed by atoms with van der Waals surface area (Å²) < 4.78 is 13.0. The summed E-state index contributed by atoms with van der Waals surface area (Å²) in [7, 11) is 0. The van der Waals surface area contributed by atoms with E-state index in [1.807, 2.05) is 12.1 Å². The molecule has 2 N–H and O–H groups in total. The van der Waals surface area contributed by atoms with E-state index in [2.05, 4.69) is 27.4 Å². The van der Waals surface area contributed by atoms with Gasteiger partial charge in [-0.1, -0.05) is 0 Å². The van der Waals surface area contributed by atoms with Gasteiger partial charge < -0.3 is 15.5 Å². The third kappa shape index (κ3) is 5.16. The second kappa shape index (κ2) is 8.63. The summed E-state index contributed by atoms with van der Waals surface area (Å²) in [5, 5.41) is 6.49. The van der Waals surface area contributed by atoms with Gasteiger partial charge in [0.05, 0.1) is 0 Å². The van der Waals surface area contributed by atoms with Crippen LogP contribution in [0.15, 0.2) is 24.3 Å². The Balaban J connectivity index is 1.35. The SMILES string of the molecule is C[C@H]1C[C@@H](C(=O)NCCN2CCN(c3ccc(F)cc3)CC2)CCN1. The van der Waals surface area contributed by atoms with Crippen LogP contribution in [0.25, 0.3) is 0 Å². The highest BCUT2D eigenvalue weighted by atomic mass is 19.1. The summed E-state index contributed by atoms with van der Waals surface area (Å²) in [6.07, 6.45) is 1.87. The summed E-state index contributed by atoms with van der Waals surface area (Å²) in [4.78, 5) is 16.9. The van der Waals surface area contributed by atoms with Crippen LogP contribution >= 0.6 is 0 Å². The zero-order chi connectivity index (χ0) is 17.6. The lowest BCUT2D eigenvalue weighted by Gasteiger charge is -2.36. The molecule has 2 aliphatic heterocycles. The molecule has 2 atom stereocenters. The summed E-state index contributed by atoms with van der Waals surface area (Å²) in [5.41, 5.74) is 1.08. The molecule has 5 nitrogen and oxygen atoms in total. The Hall–Kier alpha value is -1.66. The Bertz CT molecular complexity index is 557. The largest absolute Gasteiger partial charge is 0.369 e. The van der Waals surface area contributed by atoms with Crippen molar-refractivity contribution in [3.63, 3.8) is 0 Å². The predicted octanol–water partition coefficient (Wildman–Crippen LogP) is 1.45. The van der Waals surface area contributed by atoms with Crippen molar-refractivity contribution in [2.75, 3.05) is 50.7 Å². The summed E-state index contributed by atoms with van der Waals surface area (Å²) >= 11 is 0. The second-order valence-electron chi connectivity index (χ2n) is 7.17. The topological polar surface area (TPSA) is 47.6 Å². The van der Waals surface area contributed by atoms with E-state index in [1.54, 1.807) is 0 Å². The highest BCUT2D eigenvalue weighted by Gasteiger charge is 2.24. The summed E-state index contributed by atoms with van der Waals surface area (Å²) in [5.74, 6) is 0.172. The van der Waals surface area contributed by atoms with Crippen molar-refractivity contribution in [3.05, 3.63) is 30.1 Å². The van der Waals surface area contributed by atoms with Gasteiger partial charge in [0.2, 0.25) is 5.91 Å². The molecule has 0 aliphatic carbocycles. The van der Waals surface area contributed by atoms with Crippen LogP contribution in [-0.4, -0.2) is 62.7 Å². The number of halogens is 1. The number of benzene rings is 1. The van der Waals surface area contributed by atoms with Gasteiger partial charge in [-0.25, -0.2) is 4.39 Å². The fourth-order valence-corrected chi connectivity index (χ4v) is 3.73. The molecule has 0 unspecified atom stereocenters. The van der Waals surface area contributed by atoms with Crippen LogP contribution in [0.3, 0.4) is 0 Å². The molecule has 2 fully saturated rings. The van der Waals surface area contributed by atoms with Gasteiger partial charge in [-0.05, 0) is 50.6 Å². The highest BCUT2D eigenvalue weighted by Crippen LogP contribution is 2.17. The van der Waals surface area contributed by atoms with Gasteiger partial charge in [-0.2, -0.15) is 0 Å². The molecule has 1 aromatic rings. The Morgan fingerprint density at radius 3 is 2.64 bits per heavy atom. The van der Waals surface area contributed by atoms with Gasteiger partial charge in [0, 0.05) is 56.9 Å². The monoisotopic (exact) mass is 348 g/mol. The minimum Gasteiger partial charge on any atom is -0.369 e. The number of carbonyl (C=O) groups excluding carboxylic acids is 1. The first-order valence-corrected chi connectivity index (χ1v) is 9.36. The van der Waals surface area contributed by atoms with Crippen LogP contribution < -0.4 is 15.5 Å². The molecule has 0 spiro atoms. The van der Waals surface area contributed by atoms with E-state index in [-0.39, 0.29) is 17.6 Å². The van der Waals surface area contributed by atoms with Crippen molar-refractivity contribution >= 4 is 11.6 Å². The number of rotatable bonds is 5. The normalized spacial score (nSPS) is 25.0. The van der Waals surface area contributed by atoms with Crippen molar-refractivity contribution in [3.8, 4) is 0 Å². The van der Waals surface area contributed by atoms with E-state index < -0.39 is 0 Å². The van der Waals surface area contributed by atoms with Crippen LogP contribution in [0.2, 0.25) is 0 Å². The fourth-order valence-electron chi connectivity index (χ4n) is 3.73. The summed E-state index contributed by atoms with van der Waals surface area (Å²) in [6, 6.07) is 7.14. The lowest BCUT2D eigenvalue weighted by atomic mass is 9.92. The van der Waals surface area contributed by atoms with Crippen molar-refractivity contribution in [1.29, 1.82) is 0 Å². The number of carbonyl (C=O) groups is 1. The minimum atomic E-state index is -0.193. The first-order chi connectivity index (χ1) is 12.1. The zero-order valence-electron chi connectivity index (χ0n) is 15.0. The van der Waals surface area contributed by atoms with Crippen LogP contribution in [-0.2, 0) is 4.79 Å². The molecular formula is C19H29FN4O. The molecule has 138 valence electrons. The number of nitrogens with one attached hydrogen (secondary N) is 2. The smallest absolute Gasteiger partial charge is 0.223 e. The average Bonchev–Trinajstić information content (AvgIpc) is 2.63. The van der Waals surface area contributed by atoms with Crippen molar-refractivity contribution in [2.45, 2.75) is 25.8 Å². The maximum absolute atomic E-state index is 13.0. The van der Waals surface area contributed by atoms with Gasteiger partial charge in [0.1, 0.15) is 5.82 Å². The van der Waals surface area contributed by atoms with Crippen LogP contribution in [0.1, 0.15) is 19.8 Å². The quantitative estimate of drug-likeness (QED) is 0.846. The average molecular weight is 348 g/mol. The molecule has 2 saturated heterocycles. The Labute approximate surface area is 149 Å².